The van der Waals surface area contributed by atoms with Crippen molar-refractivity contribution in [3.63, 3.8) is 0 Å². The van der Waals surface area contributed by atoms with Crippen LogP contribution in [-0.2, 0) is 24.4 Å². The van der Waals surface area contributed by atoms with Gasteiger partial charge in [0.25, 0.3) is 5.56 Å². The number of amides is 3. The highest BCUT2D eigenvalue weighted by atomic mass is 32.2. The van der Waals surface area contributed by atoms with Crippen molar-refractivity contribution in [2.75, 3.05) is 60.8 Å². The van der Waals surface area contributed by atoms with Gasteiger partial charge in [0.05, 0.1) is 46.5 Å². The summed E-state index contributed by atoms with van der Waals surface area (Å²) in [6.07, 6.45) is 6.24. The van der Waals surface area contributed by atoms with E-state index in [0.717, 1.165) is 12.1 Å². The topological polar surface area (TPSA) is 225 Å². The number of ether oxygens (including phenoxy) is 1. The third-order valence-electron chi connectivity index (χ3n) is 11.8. The summed E-state index contributed by atoms with van der Waals surface area (Å²) in [4.78, 5) is 69.8. The van der Waals surface area contributed by atoms with E-state index < -0.39 is 44.3 Å². The number of benzene rings is 3. The molecular weight excluding hydrogens is 865 g/mol. The van der Waals surface area contributed by atoms with Crippen molar-refractivity contribution in [3.8, 4) is 23.3 Å². The average molecular weight is 910 g/mol. The van der Waals surface area contributed by atoms with E-state index >= 15 is 8.78 Å². The molecule has 0 unspecified atom stereocenters. The molecule has 0 saturated carbocycles. The molecule has 5 aromatic rings. The van der Waals surface area contributed by atoms with E-state index in [9.17, 15) is 32.9 Å². The van der Waals surface area contributed by atoms with E-state index in [-0.39, 0.29) is 58.9 Å². The number of sulfonamides is 1. The largest absolute Gasteiger partial charge is 0.453 e. The zero-order chi connectivity index (χ0) is 46.0. The fourth-order valence-corrected chi connectivity index (χ4v) is 8.73. The Balaban J connectivity index is 0.844. The number of rotatable bonds is 12. The van der Waals surface area contributed by atoms with Gasteiger partial charge in [0.15, 0.2) is 11.6 Å². The van der Waals surface area contributed by atoms with Gasteiger partial charge in [-0.3, -0.25) is 38.7 Å². The molecule has 2 aromatic heterocycles. The molecule has 1 atom stereocenters. The first-order valence-electron chi connectivity index (χ1n) is 21.1. The maximum atomic E-state index is 15.2. The minimum absolute atomic E-state index is 0.00108. The molecule has 3 N–H and O–H groups in total. The van der Waals surface area contributed by atoms with Crippen molar-refractivity contribution in [2.45, 2.75) is 56.7 Å². The molecule has 21 heteroatoms. The maximum absolute atomic E-state index is 15.2. The molecule has 8 rings (SSSR count). The predicted octanol–water partition coefficient (Wildman–Crippen LogP) is 4.01. The van der Waals surface area contributed by atoms with E-state index in [0.29, 0.717) is 86.9 Å². The van der Waals surface area contributed by atoms with E-state index in [4.69, 9.17) is 4.74 Å². The molecule has 0 bridgehead atoms. The second-order valence-electron chi connectivity index (χ2n) is 16.4. The summed E-state index contributed by atoms with van der Waals surface area (Å²) < 4.78 is 64.5. The van der Waals surface area contributed by atoms with Crippen LogP contribution in [0.1, 0.15) is 56.6 Å². The van der Waals surface area contributed by atoms with Crippen LogP contribution in [0.4, 0.5) is 26.1 Å². The van der Waals surface area contributed by atoms with Crippen LogP contribution in [0.25, 0.3) is 16.6 Å². The lowest BCUT2D eigenvalue weighted by Crippen LogP contribution is -2.52. The summed E-state index contributed by atoms with van der Waals surface area (Å²) in [6, 6.07) is 12.5. The lowest BCUT2D eigenvalue weighted by atomic mass is 9.89. The summed E-state index contributed by atoms with van der Waals surface area (Å²) in [5, 5.41) is 14.4. The molecule has 3 aromatic carbocycles. The molecule has 5 heterocycles. The van der Waals surface area contributed by atoms with Crippen molar-refractivity contribution in [1.82, 2.24) is 34.6 Å². The molecule has 0 radical (unpaired) electrons. The molecule has 0 spiro atoms. The van der Waals surface area contributed by atoms with Crippen molar-refractivity contribution in [2.24, 2.45) is 0 Å². The standard InChI is InChI=1S/C44H45F2N11O7S/c1-26(2)65(62,63)53-37-8-6-34(45)41(33(37)21-47)64-30-4-7-36-32(20-30)43(61)57(25-50-36)29-22-48-44(49-23-29)56-17-15-55(16-18-56)40(59)24-54-13-11-27(12-14-54)31-5-3-28(19-35(31)46)51-38-9-10-39(58)52-42(38)60/h3-8,19-20,22-23,25-27,38,51,53H,9-18,24H2,1-2H3,(H,52,58,60)/t38-/m1/s1. The normalized spacial score (nSPS) is 17.5. The van der Waals surface area contributed by atoms with Crippen molar-refractivity contribution in [1.29, 1.82) is 5.26 Å². The number of halogens is 2. The van der Waals surface area contributed by atoms with Gasteiger partial charge >= 0.3 is 0 Å². The van der Waals surface area contributed by atoms with Gasteiger partial charge in [-0.15, -0.1) is 0 Å². The van der Waals surface area contributed by atoms with Crippen LogP contribution in [0.2, 0.25) is 0 Å². The quantitative estimate of drug-likeness (QED) is 0.151. The molecule has 18 nitrogen and oxygen atoms in total. The van der Waals surface area contributed by atoms with Gasteiger partial charge in [-0.05, 0) is 100 Å². The molecule has 3 fully saturated rings. The van der Waals surface area contributed by atoms with Crippen LogP contribution >= 0.6 is 0 Å². The highest BCUT2D eigenvalue weighted by molar-refractivity contribution is 7.93. The van der Waals surface area contributed by atoms with E-state index in [1.54, 1.807) is 18.2 Å². The average Bonchev–Trinajstić information content (AvgIpc) is 3.29. The molecular formula is C44H45F2N11O7S. The number of carbonyl (C=O) groups excluding carboxylic acids is 3. The summed E-state index contributed by atoms with van der Waals surface area (Å²) >= 11 is 0. The number of nitrogens with zero attached hydrogens (tertiary/aromatic N) is 8. The molecule has 0 aliphatic carbocycles. The predicted molar refractivity (Wildman–Crippen MR) is 235 cm³/mol. The number of carbonyl (C=O) groups is 3. The third kappa shape index (κ3) is 9.73. The molecule has 3 aliphatic rings. The first-order chi connectivity index (χ1) is 31.2. The lowest BCUT2D eigenvalue weighted by molar-refractivity contribution is -0.134. The number of hydrogen-bond acceptors (Lipinski definition) is 14. The summed E-state index contributed by atoms with van der Waals surface area (Å²) in [5.41, 5.74) is 0.675. The van der Waals surface area contributed by atoms with Gasteiger partial charge < -0.3 is 19.9 Å². The molecule has 338 valence electrons. The maximum Gasteiger partial charge on any atom is 0.266 e. The minimum atomic E-state index is -3.86. The first kappa shape index (κ1) is 44.6. The lowest BCUT2D eigenvalue weighted by Gasteiger charge is -2.37. The summed E-state index contributed by atoms with van der Waals surface area (Å²) in [5.74, 6) is -2.11. The number of aromatic nitrogens is 4. The van der Waals surface area contributed by atoms with Crippen LogP contribution in [0, 0.1) is 23.0 Å². The number of anilines is 3. The zero-order valence-corrected chi connectivity index (χ0v) is 36.3. The third-order valence-corrected chi connectivity index (χ3v) is 13.6. The van der Waals surface area contributed by atoms with Gasteiger partial charge in [-0.1, -0.05) is 6.07 Å². The molecule has 3 saturated heterocycles. The van der Waals surface area contributed by atoms with Crippen molar-refractivity contribution in [3.05, 3.63) is 100 Å². The fraction of sp³-hybridized carbons (Fsp3) is 0.364. The number of nitriles is 1. The van der Waals surface area contributed by atoms with Crippen molar-refractivity contribution >= 4 is 56.0 Å². The number of piperazine rings is 1. The Morgan fingerprint density at radius 1 is 0.938 bits per heavy atom. The Hall–Kier alpha value is -7.05. The van der Waals surface area contributed by atoms with E-state index in [2.05, 4.69) is 35.2 Å². The van der Waals surface area contributed by atoms with Crippen LogP contribution in [0.15, 0.2) is 72.0 Å². The smallest absolute Gasteiger partial charge is 0.266 e. The van der Waals surface area contributed by atoms with Crippen LogP contribution in [0.3, 0.4) is 0 Å². The highest BCUT2D eigenvalue weighted by Gasteiger charge is 2.30. The van der Waals surface area contributed by atoms with Gasteiger partial charge in [0.2, 0.25) is 33.7 Å². The zero-order valence-electron chi connectivity index (χ0n) is 35.5. The number of piperidine rings is 2. The molecule has 3 amide bonds. The summed E-state index contributed by atoms with van der Waals surface area (Å²) in [6.45, 7) is 6.34. The van der Waals surface area contributed by atoms with E-state index in [1.807, 2.05) is 9.80 Å². The number of hydrogen-bond donors (Lipinski definition) is 3. The highest BCUT2D eigenvalue weighted by Crippen LogP contribution is 2.35. The molecule has 65 heavy (non-hydrogen) atoms. The Kier molecular flexibility index (Phi) is 12.7. The van der Waals surface area contributed by atoms with Gasteiger partial charge in [0.1, 0.15) is 35.6 Å². The summed E-state index contributed by atoms with van der Waals surface area (Å²) in [7, 11) is -3.86. The van der Waals surface area contributed by atoms with E-state index in [1.165, 1.54) is 61.4 Å². The number of likely N-dealkylation sites (tertiary alicyclic amines) is 1. The van der Waals surface area contributed by atoms with Crippen LogP contribution in [-0.4, -0.2) is 113 Å². The number of imide groups is 1. The first-order valence-corrected chi connectivity index (χ1v) is 22.6. The Morgan fingerprint density at radius 3 is 2.35 bits per heavy atom. The van der Waals surface area contributed by atoms with Gasteiger partial charge in [0, 0.05) is 38.3 Å². The SMILES string of the molecule is CC(C)S(=O)(=O)Nc1ccc(F)c(Oc2ccc3ncn(-c4cnc(N5CCN(C(=O)CN6CCC(c7ccc(N[C@@H]8CCC(=O)NC8=O)cc7F)CC6)CC5)nc4)c(=O)c3c2)c1C#N. The molecule has 3 aliphatic heterocycles. The van der Waals surface area contributed by atoms with Crippen molar-refractivity contribution < 1.29 is 36.3 Å². The minimum Gasteiger partial charge on any atom is -0.453 e. The van der Waals surface area contributed by atoms with Gasteiger partial charge in [-0.25, -0.2) is 32.2 Å². The Morgan fingerprint density at radius 2 is 1.68 bits per heavy atom. The van der Waals surface area contributed by atoms with Crippen LogP contribution in [0.5, 0.6) is 11.5 Å². The monoisotopic (exact) mass is 909 g/mol. The second-order valence-corrected chi connectivity index (χ2v) is 18.6. The van der Waals surface area contributed by atoms with Gasteiger partial charge in [-0.2, -0.15) is 5.26 Å². The second kappa shape index (κ2) is 18.6. The Labute approximate surface area is 372 Å². The number of fused-ring (bicyclic) bond motifs is 1. The fourth-order valence-electron chi connectivity index (χ4n) is 8.02. The number of nitrogens with one attached hydrogen (secondary N) is 3. The van der Waals surface area contributed by atoms with Crippen LogP contribution < -0.4 is 30.6 Å². The Bertz CT molecular complexity index is 2880.